The molecule has 1 aromatic rings. The van der Waals surface area contributed by atoms with Crippen LogP contribution in [0.2, 0.25) is 4.34 Å². The van der Waals surface area contributed by atoms with Gasteiger partial charge in [-0.2, -0.15) is 0 Å². The molecule has 2 saturated heterocycles. The zero-order chi connectivity index (χ0) is 15.7. The highest BCUT2D eigenvalue weighted by atomic mass is 35.5. The molecule has 0 aliphatic carbocycles. The number of hydrogen-bond acceptors (Lipinski definition) is 6. The second-order valence-corrected chi connectivity index (χ2v) is 9.87. The minimum absolute atomic E-state index is 0.0801. The van der Waals surface area contributed by atoms with Crippen molar-refractivity contribution in [3.63, 3.8) is 0 Å². The lowest BCUT2D eigenvalue weighted by molar-refractivity contribution is 0.0258. The van der Waals surface area contributed by atoms with E-state index in [0.717, 1.165) is 30.5 Å². The normalized spacial score (nSPS) is 28.8. The molecule has 5 nitrogen and oxygen atoms in total. The van der Waals surface area contributed by atoms with Gasteiger partial charge in [0.1, 0.15) is 0 Å². The van der Waals surface area contributed by atoms with E-state index in [2.05, 4.69) is 9.80 Å². The Hall–Kier alpha value is -0.180. The zero-order valence-corrected chi connectivity index (χ0v) is 15.0. The lowest BCUT2D eigenvalue weighted by Gasteiger charge is -2.43. The van der Waals surface area contributed by atoms with Gasteiger partial charge in [-0.05, 0) is 12.1 Å². The molecule has 3 heterocycles. The summed E-state index contributed by atoms with van der Waals surface area (Å²) in [5.41, 5.74) is 0. The smallest absolute Gasteiger partial charge is 0.153 e. The van der Waals surface area contributed by atoms with Gasteiger partial charge in [-0.3, -0.25) is 9.80 Å². The van der Waals surface area contributed by atoms with Gasteiger partial charge >= 0.3 is 0 Å². The van der Waals surface area contributed by atoms with Crippen LogP contribution in [0.25, 0.3) is 0 Å². The van der Waals surface area contributed by atoms with Crippen LogP contribution in [0.3, 0.4) is 0 Å². The van der Waals surface area contributed by atoms with Crippen molar-refractivity contribution < 1.29 is 13.2 Å². The Morgan fingerprint density at radius 3 is 2.59 bits per heavy atom. The van der Waals surface area contributed by atoms with Gasteiger partial charge in [-0.25, -0.2) is 8.42 Å². The third-order valence-corrected chi connectivity index (χ3v) is 7.39. The minimum atomic E-state index is -2.95. The molecular weight excluding hydrogens is 344 g/mol. The maximum Gasteiger partial charge on any atom is 0.153 e. The maximum atomic E-state index is 12.1. The largest absolute Gasteiger partial charge is 0.383 e. The summed E-state index contributed by atoms with van der Waals surface area (Å²) in [6.45, 7) is 4.00. The van der Waals surface area contributed by atoms with E-state index in [1.807, 2.05) is 12.1 Å². The summed E-state index contributed by atoms with van der Waals surface area (Å²) in [6, 6.07) is 4.10. The SMILES string of the molecule is COCCN1CCN(Cc2ccc(Cl)s2)[C@H]2CS(=O)(=O)C[C@H]21. The van der Waals surface area contributed by atoms with Gasteiger partial charge in [-0.1, -0.05) is 11.6 Å². The first kappa shape index (κ1) is 16.7. The van der Waals surface area contributed by atoms with Crippen molar-refractivity contribution >= 4 is 32.8 Å². The fraction of sp³-hybridized carbons (Fsp3) is 0.714. The van der Waals surface area contributed by atoms with Crippen LogP contribution in [-0.4, -0.2) is 75.2 Å². The summed E-state index contributed by atoms with van der Waals surface area (Å²) in [5, 5.41) is 0. The summed E-state index contributed by atoms with van der Waals surface area (Å²) in [7, 11) is -1.27. The first-order chi connectivity index (χ1) is 10.5. The Bertz CT molecular complexity index is 619. The maximum absolute atomic E-state index is 12.1. The van der Waals surface area contributed by atoms with Crippen molar-refractivity contribution in [3.05, 3.63) is 21.3 Å². The van der Waals surface area contributed by atoms with Crippen molar-refractivity contribution in [1.82, 2.24) is 9.80 Å². The average Bonchev–Trinajstić information content (AvgIpc) is 3.00. The number of hydrogen-bond donors (Lipinski definition) is 0. The molecule has 0 spiro atoms. The van der Waals surface area contributed by atoms with Crippen molar-refractivity contribution in [2.75, 3.05) is 44.9 Å². The van der Waals surface area contributed by atoms with Crippen LogP contribution in [0.4, 0.5) is 0 Å². The molecule has 0 saturated carbocycles. The van der Waals surface area contributed by atoms with E-state index in [4.69, 9.17) is 16.3 Å². The van der Waals surface area contributed by atoms with Gasteiger partial charge in [0.15, 0.2) is 9.84 Å². The summed E-state index contributed by atoms with van der Waals surface area (Å²) >= 11 is 7.57. The molecule has 2 aliphatic rings. The number of piperazine rings is 1. The second-order valence-electron chi connectivity index (χ2n) is 5.92. The quantitative estimate of drug-likeness (QED) is 0.789. The highest BCUT2D eigenvalue weighted by molar-refractivity contribution is 7.91. The van der Waals surface area contributed by atoms with Crippen LogP contribution >= 0.6 is 22.9 Å². The van der Waals surface area contributed by atoms with Crippen LogP contribution in [0, 0.1) is 0 Å². The van der Waals surface area contributed by atoms with Gasteiger partial charge < -0.3 is 4.74 Å². The van der Waals surface area contributed by atoms with Crippen LogP contribution in [0.5, 0.6) is 0 Å². The predicted octanol–water partition coefficient (Wildman–Crippen LogP) is 1.33. The molecule has 22 heavy (non-hydrogen) atoms. The van der Waals surface area contributed by atoms with Crippen LogP contribution in [0.15, 0.2) is 12.1 Å². The molecule has 8 heteroatoms. The van der Waals surface area contributed by atoms with Gasteiger partial charge in [0.2, 0.25) is 0 Å². The van der Waals surface area contributed by atoms with E-state index in [9.17, 15) is 8.42 Å². The van der Waals surface area contributed by atoms with E-state index >= 15 is 0 Å². The Labute approximate surface area is 140 Å². The standard InChI is InChI=1S/C14H21ClN2O3S2/c1-20-7-6-16-4-5-17(8-11-2-3-14(15)21-11)13-10-22(18,19)9-12(13)16/h2-3,12-13H,4-10H2,1H3/t12-,13+/m1/s1. The number of thiophene rings is 1. The molecule has 0 bridgehead atoms. The molecule has 0 aromatic carbocycles. The molecule has 0 unspecified atom stereocenters. The van der Waals surface area contributed by atoms with E-state index in [0.29, 0.717) is 6.61 Å². The van der Waals surface area contributed by atoms with Crippen LogP contribution < -0.4 is 0 Å². The Morgan fingerprint density at radius 1 is 1.27 bits per heavy atom. The van der Waals surface area contributed by atoms with Crippen LogP contribution in [-0.2, 0) is 21.1 Å². The Balaban J connectivity index is 1.74. The van der Waals surface area contributed by atoms with Gasteiger partial charge in [0.05, 0.1) is 22.4 Å². The van der Waals surface area contributed by atoms with E-state index in [1.54, 1.807) is 18.4 Å². The molecule has 2 aliphatic heterocycles. The monoisotopic (exact) mass is 364 g/mol. The first-order valence-corrected chi connectivity index (χ1v) is 10.4. The molecule has 1 aromatic heterocycles. The second kappa shape index (κ2) is 6.75. The number of fused-ring (bicyclic) bond motifs is 1. The molecule has 2 fully saturated rings. The third-order valence-electron chi connectivity index (χ3n) is 4.48. The predicted molar refractivity (Wildman–Crippen MR) is 89.4 cm³/mol. The number of sulfone groups is 1. The zero-order valence-electron chi connectivity index (χ0n) is 12.6. The van der Waals surface area contributed by atoms with Crippen molar-refractivity contribution in [2.24, 2.45) is 0 Å². The molecular formula is C14H21ClN2O3S2. The lowest BCUT2D eigenvalue weighted by Crippen LogP contribution is -2.59. The minimum Gasteiger partial charge on any atom is -0.383 e. The van der Waals surface area contributed by atoms with E-state index in [1.165, 1.54) is 4.88 Å². The molecule has 0 N–H and O–H groups in total. The van der Waals surface area contributed by atoms with E-state index < -0.39 is 9.84 Å². The summed E-state index contributed by atoms with van der Waals surface area (Å²) < 4.78 is 30.2. The average molecular weight is 365 g/mol. The third kappa shape index (κ3) is 3.66. The molecule has 2 atom stereocenters. The van der Waals surface area contributed by atoms with Crippen molar-refractivity contribution in [2.45, 2.75) is 18.6 Å². The molecule has 0 radical (unpaired) electrons. The topological polar surface area (TPSA) is 49.9 Å². The highest BCUT2D eigenvalue weighted by Gasteiger charge is 2.46. The van der Waals surface area contributed by atoms with Crippen molar-refractivity contribution in [1.29, 1.82) is 0 Å². The summed E-state index contributed by atoms with van der Waals surface area (Å²) in [6.07, 6.45) is 0. The Morgan fingerprint density at radius 2 is 1.95 bits per heavy atom. The fourth-order valence-electron chi connectivity index (χ4n) is 3.42. The van der Waals surface area contributed by atoms with Crippen molar-refractivity contribution in [3.8, 4) is 0 Å². The summed E-state index contributed by atoms with van der Waals surface area (Å²) in [4.78, 5) is 5.77. The molecule has 0 amide bonds. The number of nitrogens with zero attached hydrogens (tertiary/aromatic N) is 2. The summed E-state index contributed by atoms with van der Waals surface area (Å²) in [5.74, 6) is 0.531. The molecule has 124 valence electrons. The van der Waals surface area contributed by atoms with E-state index in [-0.39, 0.29) is 23.6 Å². The number of ether oxygens (including phenoxy) is 1. The number of rotatable bonds is 5. The van der Waals surface area contributed by atoms with Gasteiger partial charge in [-0.15, -0.1) is 11.3 Å². The first-order valence-electron chi connectivity index (χ1n) is 7.40. The van der Waals surface area contributed by atoms with Gasteiger partial charge in [0.25, 0.3) is 0 Å². The molecule has 3 rings (SSSR count). The number of halogens is 1. The van der Waals surface area contributed by atoms with Crippen LogP contribution in [0.1, 0.15) is 4.88 Å². The lowest BCUT2D eigenvalue weighted by atomic mass is 10.0. The highest BCUT2D eigenvalue weighted by Crippen LogP contribution is 2.30. The number of methoxy groups -OCH3 is 1. The van der Waals surface area contributed by atoms with Gasteiger partial charge in [0, 0.05) is 50.2 Å². The fourth-order valence-corrected chi connectivity index (χ4v) is 6.57. The Kier molecular flexibility index (Phi) is 5.11.